The summed E-state index contributed by atoms with van der Waals surface area (Å²) in [6, 6.07) is 16.4. The lowest BCUT2D eigenvalue weighted by Crippen LogP contribution is -2.50. The van der Waals surface area contributed by atoms with E-state index in [0.29, 0.717) is 0 Å². The molecule has 40 heavy (non-hydrogen) atoms. The van der Waals surface area contributed by atoms with Crippen LogP contribution in [0.2, 0.25) is 0 Å². The van der Waals surface area contributed by atoms with Gasteiger partial charge in [0.05, 0.1) is 18.0 Å². The van der Waals surface area contributed by atoms with Crippen molar-refractivity contribution >= 4 is 22.9 Å². The molecule has 2 aliphatic heterocycles. The Morgan fingerprint density at radius 2 is 1.88 bits per heavy atom. The molecular formula is C33H36N4O3. The SMILES string of the molecule is CCn1nnc2c(C)c([C@H](CC(=O)O)c3ccc4c(c3)C3CC[C@@](C)(C4)N3C(=O)c3ccc(C)c(C)c3)ccc21. The fourth-order valence-corrected chi connectivity index (χ4v) is 7.03. The first kappa shape index (κ1) is 26.2. The second kappa shape index (κ2) is 9.58. The van der Waals surface area contributed by atoms with Crippen LogP contribution in [0.1, 0.15) is 94.4 Å². The monoisotopic (exact) mass is 536 g/mol. The number of rotatable bonds is 6. The first-order chi connectivity index (χ1) is 19.1. The minimum atomic E-state index is -0.848. The molecule has 0 saturated carbocycles. The number of carboxylic acids is 1. The molecule has 2 aliphatic rings. The molecule has 3 heterocycles. The molecule has 206 valence electrons. The molecule has 0 aliphatic carbocycles. The Balaban J connectivity index is 1.42. The van der Waals surface area contributed by atoms with Crippen LogP contribution in [0.15, 0.2) is 48.5 Å². The van der Waals surface area contributed by atoms with Crippen LogP contribution in [0, 0.1) is 20.8 Å². The number of hydrogen-bond acceptors (Lipinski definition) is 4. The van der Waals surface area contributed by atoms with Gasteiger partial charge in [-0.05, 0) is 111 Å². The van der Waals surface area contributed by atoms with Gasteiger partial charge in [0, 0.05) is 23.6 Å². The lowest BCUT2D eigenvalue weighted by molar-refractivity contribution is -0.137. The number of aromatic nitrogens is 3. The van der Waals surface area contributed by atoms with E-state index in [-0.39, 0.29) is 29.8 Å². The van der Waals surface area contributed by atoms with Crippen LogP contribution >= 0.6 is 0 Å². The molecule has 7 nitrogen and oxygen atoms in total. The Hall–Kier alpha value is -4.00. The predicted octanol–water partition coefficient (Wildman–Crippen LogP) is 6.28. The number of hydrogen-bond donors (Lipinski definition) is 1. The quantitative estimate of drug-likeness (QED) is 0.314. The Kier molecular flexibility index (Phi) is 6.28. The van der Waals surface area contributed by atoms with Crippen molar-refractivity contribution in [2.45, 2.75) is 84.3 Å². The van der Waals surface area contributed by atoms with Crippen LogP contribution in [0.5, 0.6) is 0 Å². The van der Waals surface area contributed by atoms with E-state index in [1.165, 1.54) is 11.1 Å². The van der Waals surface area contributed by atoms with Gasteiger partial charge in [-0.15, -0.1) is 5.10 Å². The van der Waals surface area contributed by atoms with Crippen LogP contribution in [-0.2, 0) is 17.8 Å². The average Bonchev–Trinajstić information content (AvgIpc) is 3.46. The van der Waals surface area contributed by atoms with Crippen LogP contribution < -0.4 is 0 Å². The molecule has 7 heteroatoms. The van der Waals surface area contributed by atoms with E-state index < -0.39 is 5.97 Å². The predicted molar refractivity (Wildman–Crippen MR) is 155 cm³/mol. The third-order valence-corrected chi connectivity index (χ3v) is 9.36. The number of benzene rings is 3. The zero-order valence-corrected chi connectivity index (χ0v) is 23.9. The third kappa shape index (κ3) is 4.10. The van der Waals surface area contributed by atoms with Gasteiger partial charge in [-0.1, -0.05) is 35.5 Å². The molecule has 3 aromatic carbocycles. The first-order valence-corrected chi connectivity index (χ1v) is 14.2. The number of carbonyl (C=O) groups is 2. The van der Waals surface area contributed by atoms with Crippen LogP contribution in [-0.4, -0.2) is 42.4 Å². The number of nitrogens with zero attached hydrogens (tertiary/aromatic N) is 4. The molecule has 6 rings (SSSR count). The van der Waals surface area contributed by atoms with Crippen molar-refractivity contribution in [2.24, 2.45) is 0 Å². The smallest absolute Gasteiger partial charge is 0.304 e. The standard InChI is InChI=1S/C33H36N4O3/c1-6-36-29-12-11-25(21(4)31(29)34-35-36)26(17-30(38)39)22-9-10-24-18-33(5)14-13-28(27(24)16-22)37(33)32(40)23-8-7-19(2)20(3)15-23/h7-12,15-16,26,28H,6,13-14,17-18H2,1-5H3,(H,38,39)/t26-,28?,33+/m1/s1. The first-order valence-electron chi connectivity index (χ1n) is 14.2. The fourth-order valence-electron chi connectivity index (χ4n) is 7.03. The van der Waals surface area contributed by atoms with Gasteiger partial charge in [0.15, 0.2) is 0 Å². The number of aliphatic carboxylic acids is 1. The number of fused-ring (bicyclic) bond motifs is 5. The van der Waals surface area contributed by atoms with Gasteiger partial charge in [0.1, 0.15) is 5.52 Å². The van der Waals surface area contributed by atoms with Gasteiger partial charge >= 0.3 is 5.97 Å². The molecule has 1 amide bonds. The Bertz CT molecular complexity index is 1670. The van der Waals surface area contributed by atoms with Gasteiger partial charge in [-0.25, -0.2) is 4.68 Å². The zero-order valence-electron chi connectivity index (χ0n) is 23.9. The molecule has 1 aromatic heterocycles. The summed E-state index contributed by atoms with van der Waals surface area (Å²) in [6.07, 6.45) is 2.61. The molecular weight excluding hydrogens is 500 g/mol. The largest absolute Gasteiger partial charge is 0.481 e. The average molecular weight is 537 g/mol. The summed E-state index contributed by atoms with van der Waals surface area (Å²) in [4.78, 5) is 28.2. The second-order valence-electron chi connectivity index (χ2n) is 11.9. The maximum Gasteiger partial charge on any atom is 0.304 e. The summed E-state index contributed by atoms with van der Waals surface area (Å²) >= 11 is 0. The molecule has 3 atom stereocenters. The van der Waals surface area contributed by atoms with Gasteiger partial charge in [-0.2, -0.15) is 0 Å². The Morgan fingerprint density at radius 3 is 2.60 bits per heavy atom. The summed E-state index contributed by atoms with van der Waals surface area (Å²) in [5, 5.41) is 18.6. The van der Waals surface area contributed by atoms with Gasteiger partial charge < -0.3 is 10.0 Å². The minimum absolute atomic E-state index is 0.0266. The van der Waals surface area contributed by atoms with E-state index >= 15 is 0 Å². The van der Waals surface area contributed by atoms with E-state index in [0.717, 1.165) is 70.2 Å². The number of carboxylic acid groups (broad SMARTS) is 1. The second-order valence-corrected chi connectivity index (χ2v) is 11.9. The Morgan fingerprint density at radius 1 is 1.07 bits per heavy atom. The summed E-state index contributed by atoms with van der Waals surface area (Å²) in [5.74, 6) is -1.11. The number of aryl methyl sites for hydroxylation is 4. The maximum atomic E-state index is 14.0. The molecule has 1 fully saturated rings. The molecule has 2 bridgehead atoms. The summed E-state index contributed by atoms with van der Waals surface area (Å²) in [6.45, 7) is 11.1. The van der Waals surface area contributed by atoms with Crippen molar-refractivity contribution in [3.05, 3.63) is 93.0 Å². The van der Waals surface area contributed by atoms with Crippen molar-refractivity contribution in [3.8, 4) is 0 Å². The van der Waals surface area contributed by atoms with Crippen LogP contribution in [0.3, 0.4) is 0 Å². The van der Waals surface area contributed by atoms with E-state index in [1.807, 2.05) is 55.8 Å². The summed E-state index contributed by atoms with van der Waals surface area (Å²) in [7, 11) is 0. The van der Waals surface area contributed by atoms with Crippen LogP contribution in [0.4, 0.5) is 0 Å². The van der Waals surface area contributed by atoms with Crippen molar-refractivity contribution < 1.29 is 14.7 Å². The maximum absolute atomic E-state index is 14.0. The number of carbonyl (C=O) groups excluding carboxylic acids is 1. The van der Waals surface area contributed by atoms with Crippen molar-refractivity contribution in [1.82, 2.24) is 19.9 Å². The summed E-state index contributed by atoms with van der Waals surface area (Å²) in [5.41, 5.74) is 9.82. The molecule has 0 spiro atoms. The van der Waals surface area contributed by atoms with Gasteiger partial charge in [-0.3, -0.25) is 9.59 Å². The molecule has 1 saturated heterocycles. The van der Waals surface area contributed by atoms with Crippen molar-refractivity contribution in [3.63, 3.8) is 0 Å². The highest BCUT2D eigenvalue weighted by atomic mass is 16.4. The molecule has 1 N–H and O–H groups in total. The topological polar surface area (TPSA) is 88.3 Å². The lowest BCUT2D eigenvalue weighted by atomic mass is 9.80. The van der Waals surface area contributed by atoms with Gasteiger partial charge in [0.25, 0.3) is 5.91 Å². The van der Waals surface area contributed by atoms with Crippen LogP contribution in [0.25, 0.3) is 11.0 Å². The van der Waals surface area contributed by atoms with E-state index in [2.05, 4.69) is 47.3 Å². The Labute approximate surface area is 234 Å². The molecule has 0 radical (unpaired) electrons. The highest BCUT2D eigenvalue weighted by Crippen LogP contribution is 2.51. The van der Waals surface area contributed by atoms with E-state index in [9.17, 15) is 14.7 Å². The number of amides is 1. The van der Waals surface area contributed by atoms with Gasteiger partial charge in [0.2, 0.25) is 0 Å². The lowest BCUT2D eigenvalue weighted by Gasteiger charge is -2.44. The van der Waals surface area contributed by atoms with E-state index in [4.69, 9.17) is 0 Å². The molecule has 1 unspecified atom stereocenters. The normalized spacial score (nSPS) is 20.5. The zero-order chi connectivity index (χ0) is 28.3. The minimum Gasteiger partial charge on any atom is -0.481 e. The van der Waals surface area contributed by atoms with E-state index in [1.54, 1.807) is 0 Å². The highest BCUT2D eigenvalue weighted by molar-refractivity contribution is 5.96. The molecule has 4 aromatic rings. The fraction of sp³-hybridized carbons (Fsp3) is 0.394. The van der Waals surface area contributed by atoms with Crippen molar-refractivity contribution in [1.29, 1.82) is 0 Å². The highest BCUT2D eigenvalue weighted by Gasteiger charge is 2.50. The third-order valence-electron chi connectivity index (χ3n) is 9.36. The van der Waals surface area contributed by atoms with Crippen molar-refractivity contribution in [2.75, 3.05) is 0 Å². The summed E-state index contributed by atoms with van der Waals surface area (Å²) < 4.78 is 1.86.